The summed E-state index contributed by atoms with van der Waals surface area (Å²) in [7, 11) is 0. The minimum absolute atomic E-state index is 0.0901. The van der Waals surface area contributed by atoms with Gasteiger partial charge in [-0.1, -0.05) is 42.5 Å². The molecule has 1 N–H and O–H groups in total. The zero-order valence-electron chi connectivity index (χ0n) is 21.4. The van der Waals surface area contributed by atoms with Crippen LogP contribution in [0.4, 0.5) is 4.79 Å². The standard InChI is InChI=1S/C29H38N4O2/c1-20-30-24-12-8-9-13-25(24)33(20)27-18-21-16-17-32(19-21)26(27)15-14-23(22-10-6-5-7-11-22)31-28(34)35-29(2,3)4/h5-13,21,23,26-27H,14-19H2,1-4H3,(H,31,34)/t21?,23-,26?,27?/m0/s1. The predicted octanol–water partition coefficient (Wildman–Crippen LogP) is 6.03. The number of aryl methyl sites for hydroxylation is 1. The smallest absolute Gasteiger partial charge is 0.408 e. The molecule has 35 heavy (non-hydrogen) atoms. The van der Waals surface area contributed by atoms with E-state index in [9.17, 15) is 4.79 Å². The minimum atomic E-state index is -0.523. The van der Waals surface area contributed by atoms with Crippen molar-refractivity contribution in [2.75, 3.05) is 13.1 Å². The molecule has 2 fully saturated rings. The summed E-state index contributed by atoms with van der Waals surface area (Å²) in [5.41, 5.74) is 2.90. The van der Waals surface area contributed by atoms with Gasteiger partial charge < -0.3 is 14.6 Å². The van der Waals surface area contributed by atoms with Gasteiger partial charge in [-0.05, 0) is 83.5 Å². The Hall–Kier alpha value is -2.86. The highest BCUT2D eigenvalue weighted by Gasteiger charge is 2.42. The molecule has 0 saturated carbocycles. The Morgan fingerprint density at radius 1 is 1.14 bits per heavy atom. The van der Waals surface area contributed by atoms with Crippen LogP contribution in [-0.4, -0.2) is 45.3 Å². The number of hydrogen-bond donors (Lipinski definition) is 1. The summed E-state index contributed by atoms with van der Waals surface area (Å²) in [5.74, 6) is 1.84. The third-order valence-corrected chi connectivity index (χ3v) is 7.55. The second-order valence-corrected chi connectivity index (χ2v) is 11.2. The summed E-state index contributed by atoms with van der Waals surface area (Å²) in [6.07, 6.45) is 3.97. The molecule has 4 unspecified atom stereocenters. The van der Waals surface area contributed by atoms with Gasteiger partial charge >= 0.3 is 6.09 Å². The average Bonchev–Trinajstić information content (AvgIpc) is 3.36. The number of nitrogens with zero attached hydrogens (tertiary/aromatic N) is 3. The largest absolute Gasteiger partial charge is 0.444 e. The van der Waals surface area contributed by atoms with Crippen LogP contribution in [0.2, 0.25) is 0 Å². The number of ether oxygens (including phenoxy) is 1. The Labute approximate surface area is 208 Å². The molecule has 3 aromatic rings. The SMILES string of the molecule is Cc1nc2ccccc2n1C1CC2CCN(C2)C1CC[C@H](NC(=O)OC(C)(C)C)c1ccccc1. The van der Waals surface area contributed by atoms with E-state index in [1.807, 2.05) is 39.0 Å². The van der Waals surface area contributed by atoms with E-state index < -0.39 is 5.60 Å². The molecule has 1 amide bonds. The molecule has 2 aliphatic heterocycles. The van der Waals surface area contributed by atoms with Gasteiger partial charge in [0.2, 0.25) is 0 Å². The lowest BCUT2D eigenvalue weighted by atomic mass is 9.87. The lowest BCUT2D eigenvalue weighted by Gasteiger charge is -2.41. The first-order valence-corrected chi connectivity index (χ1v) is 13.0. The van der Waals surface area contributed by atoms with Crippen LogP contribution in [0, 0.1) is 12.8 Å². The summed E-state index contributed by atoms with van der Waals surface area (Å²) in [4.78, 5) is 20.3. The van der Waals surface area contributed by atoms with Crippen molar-refractivity contribution < 1.29 is 9.53 Å². The van der Waals surface area contributed by atoms with E-state index in [1.54, 1.807) is 0 Å². The lowest BCUT2D eigenvalue weighted by molar-refractivity contribution is 0.0492. The van der Waals surface area contributed by atoms with Crippen LogP contribution in [-0.2, 0) is 4.74 Å². The number of benzene rings is 2. The normalized spacial score (nSPS) is 24.9. The molecular formula is C29H38N4O2. The van der Waals surface area contributed by atoms with E-state index in [0.717, 1.165) is 42.2 Å². The van der Waals surface area contributed by atoms with E-state index in [0.29, 0.717) is 12.1 Å². The first-order chi connectivity index (χ1) is 16.8. The molecule has 0 aliphatic carbocycles. The highest BCUT2D eigenvalue weighted by Crippen LogP contribution is 2.42. The van der Waals surface area contributed by atoms with Gasteiger partial charge in [0.1, 0.15) is 11.4 Å². The molecule has 3 heterocycles. The van der Waals surface area contributed by atoms with Crippen LogP contribution in [0.3, 0.4) is 0 Å². The molecule has 1 aromatic heterocycles. The number of alkyl carbamates (subject to hydrolysis) is 1. The number of piperidine rings is 1. The van der Waals surface area contributed by atoms with Crippen LogP contribution in [0.25, 0.3) is 11.0 Å². The topological polar surface area (TPSA) is 59.4 Å². The maximum absolute atomic E-state index is 12.7. The lowest BCUT2D eigenvalue weighted by Crippen LogP contribution is -2.45. The monoisotopic (exact) mass is 474 g/mol. The van der Waals surface area contributed by atoms with Gasteiger partial charge in [-0.2, -0.15) is 0 Å². The zero-order valence-corrected chi connectivity index (χ0v) is 21.4. The Morgan fingerprint density at radius 3 is 2.66 bits per heavy atom. The van der Waals surface area contributed by atoms with Crippen LogP contribution in [0.1, 0.15) is 69.9 Å². The third-order valence-electron chi connectivity index (χ3n) is 7.55. The van der Waals surface area contributed by atoms with E-state index in [1.165, 1.54) is 24.9 Å². The molecule has 2 aromatic carbocycles. The molecule has 2 bridgehead atoms. The van der Waals surface area contributed by atoms with Gasteiger partial charge in [0.25, 0.3) is 0 Å². The fourth-order valence-electron chi connectivity index (χ4n) is 6.13. The fraction of sp³-hybridized carbons (Fsp3) is 0.517. The van der Waals surface area contributed by atoms with Crippen molar-refractivity contribution in [1.82, 2.24) is 19.8 Å². The minimum Gasteiger partial charge on any atom is -0.444 e. The molecule has 186 valence electrons. The highest BCUT2D eigenvalue weighted by molar-refractivity contribution is 5.76. The first-order valence-electron chi connectivity index (χ1n) is 13.0. The van der Waals surface area contributed by atoms with Gasteiger partial charge in [-0.15, -0.1) is 0 Å². The van der Waals surface area contributed by atoms with Crippen LogP contribution < -0.4 is 5.32 Å². The maximum Gasteiger partial charge on any atom is 0.408 e. The predicted molar refractivity (Wildman–Crippen MR) is 139 cm³/mol. The van der Waals surface area contributed by atoms with Gasteiger partial charge in [-0.3, -0.25) is 4.90 Å². The summed E-state index contributed by atoms with van der Waals surface area (Å²) < 4.78 is 8.09. The molecule has 2 aliphatic rings. The number of nitrogens with one attached hydrogen (secondary N) is 1. The van der Waals surface area contributed by atoms with Gasteiger partial charge in [0, 0.05) is 12.6 Å². The third kappa shape index (κ3) is 5.22. The number of imidazole rings is 1. The van der Waals surface area contributed by atoms with E-state index in [-0.39, 0.29) is 12.1 Å². The number of carbonyl (C=O) groups excluding carboxylic acids is 1. The molecule has 5 atom stereocenters. The average molecular weight is 475 g/mol. The van der Waals surface area contributed by atoms with E-state index >= 15 is 0 Å². The highest BCUT2D eigenvalue weighted by atomic mass is 16.6. The zero-order chi connectivity index (χ0) is 24.6. The molecule has 0 spiro atoms. The molecule has 6 heteroatoms. The van der Waals surface area contributed by atoms with E-state index in [4.69, 9.17) is 9.72 Å². The number of aromatic nitrogens is 2. The Balaban J connectivity index is 1.40. The molecular weight excluding hydrogens is 436 g/mol. The van der Waals surface area contributed by atoms with Crippen LogP contribution in [0.15, 0.2) is 54.6 Å². The molecule has 5 rings (SSSR count). The quantitative estimate of drug-likeness (QED) is 0.474. The molecule has 2 saturated heterocycles. The molecule has 0 radical (unpaired) electrons. The van der Waals surface area contributed by atoms with Crippen molar-refractivity contribution >= 4 is 17.1 Å². The summed E-state index contributed by atoms with van der Waals surface area (Å²) in [6.45, 7) is 10.2. The summed E-state index contributed by atoms with van der Waals surface area (Å²) in [6, 6.07) is 19.5. The molecule has 6 nitrogen and oxygen atoms in total. The number of amides is 1. The fourth-order valence-corrected chi connectivity index (χ4v) is 6.13. The number of carbonyl (C=O) groups is 1. The maximum atomic E-state index is 12.7. The van der Waals surface area contributed by atoms with Crippen LogP contribution in [0.5, 0.6) is 0 Å². The Morgan fingerprint density at radius 2 is 1.89 bits per heavy atom. The van der Waals surface area contributed by atoms with Crippen LogP contribution >= 0.6 is 0 Å². The number of rotatable bonds is 6. The van der Waals surface area contributed by atoms with Gasteiger partial charge in [0.05, 0.1) is 23.1 Å². The van der Waals surface area contributed by atoms with Crippen molar-refractivity contribution in [3.05, 3.63) is 66.0 Å². The second-order valence-electron chi connectivity index (χ2n) is 11.2. The Kier molecular flexibility index (Phi) is 6.58. The summed E-state index contributed by atoms with van der Waals surface area (Å²) >= 11 is 0. The van der Waals surface area contributed by atoms with Crippen molar-refractivity contribution in [2.24, 2.45) is 5.92 Å². The number of hydrogen-bond acceptors (Lipinski definition) is 4. The van der Waals surface area contributed by atoms with Gasteiger partial charge in [0.15, 0.2) is 0 Å². The second kappa shape index (κ2) is 9.65. The van der Waals surface area contributed by atoms with E-state index in [2.05, 4.69) is 58.1 Å². The first kappa shape index (κ1) is 23.9. The van der Waals surface area contributed by atoms with Gasteiger partial charge in [-0.25, -0.2) is 9.78 Å². The van der Waals surface area contributed by atoms with Crippen molar-refractivity contribution in [2.45, 2.75) is 77.1 Å². The Bertz CT molecular complexity index is 1170. The van der Waals surface area contributed by atoms with Crippen molar-refractivity contribution in [3.8, 4) is 0 Å². The van der Waals surface area contributed by atoms with Crippen molar-refractivity contribution in [1.29, 1.82) is 0 Å². The number of fused-ring (bicyclic) bond motifs is 3. The number of para-hydroxylation sites is 2. The summed E-state index contributed by atoms with van der Waals surface area (Å²) in [5, 5.41) is 3.16. The van der Waals surface area contributed by atoms with Crippen molar-refractivity contribution in [3.63, 3.8) is 0 Å².